The number of hydrogen-bond acceptors (Lipinski definition) is 8. The molecule has 0 unspecified atom stereocenters. The Morgan fingerprint density at radius 1 is 1.29 bits per heavy atom. The van der Waals surface area contributed by atoms with E-state index in [-0.39, 0.29) is 17.6 Å². The summed E-state index contributed by atoms with van der Waals surface area (Å²) < 4.78 is 5.17. The number of nitrogens with zero attached hydrogens (tertiary/aromatic N) is 2. The van der Waals surface area contributed by atoms with Crippen molar-refractivity contribution < 1.29 is 14.3 Å². The summed E-state index contributed by atoms with van der Waals surface area (Å²) in [7, 11) is 1.34. The number of hydrogen-bond donors (Lipinski definition) is 1. The number of carbonyl (C=O) groups is 2. The molecule has 0 bridgehead atoms. The van der Waals surface area contributed by atoms with Crippen LogP contribution in [0.4, 0.5) is 5.13 Å². The van der Waals surface area contributed by atoms with Crippen LogP contribution in [0.15, 0.2) is 28.6 Å². The second kappa shape index (κ2) is 9.65. The Labute approximate surface area is 152 Å². The molecular formula is C15H17N3O3S3. The number of ether oxygens (including phenoxy) is 1. The number of aromatic nitrogens is 2. The number of aryl methyl sites for hydroxylation is 1. The van der Waals surface area contributed by atoms with E-state index in [9.17, 15) is 9.59 Å². The van der Waals surface area contributed by atoms with Gasteiger partial charge in [-0.3, -0.25) is 14.9 Å². The second-order valence-corrected chi connectivity index (χ2v) is 7.95. The summed E-state index contributed by atoms with van der Waals surface area (Å²) in [5.41, 5.74) is 2.41. The summed E-state index contributed by atoms with van der Waals surface area (Å²) in [5, 5.41) is 11.0. The minimum atomic E-state index is -0.326. The maximum absolute atomic E-state index is 11.9. The molecule has 1 aromatic heterocycles. The fourth-order valence-corrected chi connectivity index (χ4v) is 4.09. The first kappa shape index (κ1) is 18.8. The van der Waals surface area contributed by atoms with E-state index in [2.05, 4.69) is 26.3 Å². The van der Waals surface area contributed by atoms with Crippen LogP contribution in [0.3, 0.4) is 0 Å². The van der Waals surface area contributed by atoms with Crippen molar-refractivity contribution in [3.63, 3.8) is 0 Å². The highest BCUT2D eigenvalue weighted by molar-refractivity contribution is 8.01. The zero-order chi connectivity index (χ0) is 17.4. The highest BCUT2D eigenvalue weighted by Gasteiger charge is 2.10. The molecule has 0 aliphatic carbocycles. The Balaban J connectivity index is 1.72. The number of thioether (sulfide) groups is 2. The molecule has 0 atom stereocenters. The van der Waals surface area contributed by atoms with Crippen molar-refractivity contribution in [3.8, 4) is 0 Å². The van der Waals surface area contributed by atoms with Crippen LogP contribution in [0.1, 0.15) is 11.1 Å². The highest BCUT2D eigenvalue weighted by Crippen LogP contribution is 2.25. The molecule has 1 heterocycles. The molecule has 0 aliphatic heterocycles. The summed E-state index contributed by atoms with van der Waals surface area (Å²) in [6.45, 7) is 2.05. The van der Waals surface area contributed by atoms with Gasteiger partial charge in [0.05, 0.1) is 18.6 Å². The van der Waals surface area contributed by atoms with Crippen molar-refractivity contribution in [2.45, 2.75) is 17.0 Å². The zero-order valence-electron chi connectivity index (χ0n) is 13.3. The molecule has 24 heavy (non-hydrogen) atoms. The third-order valence-corrected chi connectivity index (χ3v) is 5.73. The Morgan fingerprint density at radius 2 is 2.12 bits per heavy atom. The van der Waals surface area contributed by atoms with E-state index in [1.807, 2.05) is 25.1 Å². The fourth-order valence-electron chi connectivity index (χ4n) is 1.72. The number of rotatable bonds is 8. The minimum absolute atomic E-state index is 0.117. The first-order chi connectivity index (χ1) is 11.6. The Morgan fingerprint density at radius 3 is 2.88 bits per heavy atom. The molecule has 1 N–H and O–H groups in total. The molecule has 2 aromatic rings. The summed E-state index contributed by atoms with van der Waals surface area (Å²) >= 11 is 4.01. The third kappa shape index (κ3) is 6.50. The molecule has 0 fully saturated rings. The van der Waals surface area contributed by atoms with Crippen LogP contribution in [0.25, 0.3) is 0 Å². The van der Waals surface area contributed by atoms with E-state index in [0.717, 1.165) is 5.75 Å². The lowest BCUT2D eigenvalue weighted by Crippen LogP contribution is -2.14. The van der Waals surface area contributed by atoms with Crippen LogP contribution < -0.4 is 5.32 Å². The molecule has 0 aliphatic rings. The predicted octanol–water partition coefficient (Wildman–Crippen LogP) is 2.98. The lowest BCUT2D eigenvalue weighted by atomic mass is 10.2. The average Bonchev–Trinajstić information content (AvgIpc) is 3.00. The van der Waals surface area contributed by atoms with Gasteiger partial charge in [0, 0.05) is 5.75 Å². The van der Waals surface area contributed by atoms with E-state index in [0.29, 0.717) is 15.2 Å². The molecule has 0 saturated heterocycles. The van der Waals surface area contributed by atoms with Crippen molar-refractivity contribution in [2.75, 3.05) is 23.9 Å². The van der Waals surface area contributed by atoms with E-state index >= 15 is 0 Å². The van der Waals surface area contributed by atoms with Crippen LogP contribution in [0.2, 0.25) is 0 Å². The summed E-state index contributed by atoms with van der Waals surface area (Å²) in [6.07, 6.45) is 0. The van der Waals surface area contributed by atoms with Crippen LogP contribution in [0, 0.1) is 6.92 Å². The van der Waals surface area contributed by atoms with Crippen molar-refractivity contribution in [3.05, 3.63) is 35.4 Å². The molecule has 0 radical (unpaired) electrons. The van der Waals surface area contributed by atoms with Gasteiger partial charge in [-0.25, -0.2) is 0 Å². The number of nitrogens with one attached hydrogen (secondary N) is 1. The van der Waals surface area contributed by atoms with Gasteiger partial charge in [0.2, 0.25) is 11.0 Å². The SMILES string of the molecule is COC(=O)CSc1nnc(NC(=O)CSCc2cccc(C)c2)s1. The monoisotopic (exact) mass is 383 g/mol. The minimum Gasteiger partial charge on any atom is -0.468 e. The number of carbonyl (C=O) groups excluding carboxylic acids is 2. The quantitative estimate of drug-likeness (QED) is 0.426. The largest absolute Gasteiger partial charge is 0.468 e. The zero-order valence-corrected chi connectivity index (χ0v) is 15.7. The van der Waals surface area contributed by atoms with Gasteiger partial charge in [0.15, 0.2) is 4.34 Å². The van der Waals surface area contributed by atoms with Crippen molar-refractivity contribution in [2.24, 2.45) is 0 Å². The maximum atomic E-state index is 11.9. The Kier molecular flexibility index (Phi) is 7.54. The molecule has 6 nitrogen and oxygen atoms in total. The van der Waals surface area contributed by atoms with Crippen molar-refractivity contribution >= 4 is 51.9 Å². The van der Waals surface area contributed by atoms with Gasteiger partial charge in [-0.05, 0) is 12.5 Å². The van der Waals surface area contributed by atoms with E-state index in [4.69, 9.17) is 0 Å². The molecular weight excluding hydrogens is 366 g/mol. The standard InChI is InChI=1S/C15H17N3O3S3/c1-10-4-3-5-11(6-10)7-22-8-12(19)16-14-17-18-15(24-14)23-9-13(20)21-2/h3-6H,7-9H2,1-2H3,(H,16,17,19). The number of anilines is 1. The number of methoxy groups -OCH3 is 1. The lowest BCUT2D eigenvalue weighted by molar-refractivity contribution is -0.137. The topological polar surface area (TPSA) is 81.2 Å². The number of amides is 1. The number of benzene rings is 1. The third-order valence-electron chi connectivity index (χ3n) is 2.78. The molecule has 128 valence electrons. The second-order valence-electron chi connectivity index (χ2n) is 4.77. The van der Waals surface area contributed by atoms with Gasteiger partial charge in [-0.15, -0.1) is 22.0 Å². The van der Waals surface area contributed by atoms with Gasteiger partial charge in [0.1, 0.15) is 0 Å². The van der Waals surface area contributed by atoms with Gasteiger partial charge in [-0.2, -0.15) is 0 Å². The lowest BCUT2D eigenvalue weighted by Gasteiger charge is -2.03. The average molecular weight is 384 g/mol. The normalized spacial score (nSPS) is 10.4. The molecule has 2 rings (SSSR count). The molecule has 1 aromatic carbocycles. The van der Waals surface area contributed by atoms with Gasteiger partial charge in [-0.1, -0.05) is 52.9 Å². The first-order valence-corrected chi connectivity index (χ1v) is 9.99. The molecule has 0 saturated carbocycles. The Bertz CT molecular complexity index is 706. The van der Waals surface area contributed by atoms with Crippen molar-refractivity contribution in [1.29, 1.82) is 0 Å². The molecule has 1 amide bonds. The molecule has 9 heteroatoms. The van der Waals surface area contributed by atoms with E-state index in [1.54, 1.807) is 11.8 Å². The summed E-state index contributed by atoms with van der Waals surface area (Å²) in [5.74, 6) is 0.858. The van der Waals surface area contributed by atoms with E-state index in [1.165, 1.54) is 41.3 Å². The summed E-state index contributed by atoms with van der Waals surface area (Å²) in [6, 6.07) is 8.22. The number of esters is 1. The summed E-state index contributed by atoms with van der Waals surface area (Å²) in [4.78, 5) is 23.0. The van der Waals surface area contributed by atoms with Gasteiger partial charge >= 0.3 is 5.97 Å². The highest BCUT2D eigenvalue weighted by atomic mass is 32.2. The van der Waals surface area contributed by atoms with Crippen LogP contribution in [0.5, 0.6) is 0 Å². The molecule has 0 spiro atoms. The maximum Gasteiger partial charge on any atom is 0.316 e. The predicted molar refractivity (Wildman–Crippen MR) is 98.6 cm³/mol. The van der Waals surface area contributed by atoms with Crippen molar-refractivity contribution in [1.82, 2.24) is 10.2 Å². The fraction of sp³-hybridized carbons (Fsp3) is 0.333. The first-order valence-electron chi connectivity index (χ1n) is 7.03. The smallest absolute Gasteiger partial charge is 0.316 e. The van der Waals surface area contributed by atoms with Gasteiger partial charge in [0.25, 0.3) is 0 Å². The van der Waals surface area contributed by atoms with Gasteiger partial charge < -0.3 is 4.74 Å². The van der Waals surface area contributed by atoms with E-state index < -0.39 is 0 Å². The van der Waals surface area contributed by atoms with Crippen LogP contribution in [-0.4, -0.2) is 40.7 Å². The van der Waals surface area contributed by atoms with Crippen LogP contribution in [-0.2, 0) is 20.1 Å². The Hall–Kier alpha value is -1.58. The van der Waals surface area contributed by atoms with Crippen LogP contribution >= 0.6 is 34.9 Å².